The first-order valence-electron chi connectivity index (χ1n) is 13.8. The predicted octanol–water partition coefficient (Wildman–Crippen LogP) is 4.26. The van der Waals surface area contributed by atoms with Gasteiger partial charge in [-0.3, -0.25) is 9.52 Å². The molecule has 1 saturated carbocycles. The Labute approximate surface area is 230 Å². The lowest BCUT2D eigenvalue weighted by Gasteiger charge is -2.31. The van der Waals surface area contributed by atoms with E-state index in [4.69, 9.17) is 4.52 Å². The molecule has 1 aromatic heterocycles. The molecule has 3 aromatic rings. The van der Waals surface area contributed by atoms with E-state index in [1.54, 1.807) is 12.1 Å². The number of anilines is 1. The SMILES string of the molecule is CS(=O)(=O)Nc1ccc(Cc2noc(C3CCN(CC[C@H](NC(=O)CC4CC4)c4ccccc4)CC3)n2)cc1. The lowest BCUT2D eigenvalue weighted by Crippen LogP contribution is -2.36. The van der Waals surface area contributed by atoms with Gasteiger partial charge in [0.1, 0.15) is 0 Å². The molecule has 2 aromatic carbocycles. The van der Waals surface area contributed by atoms with Crippen molar-refractivity contribution in [2.45, 2.75) is 56.9 Å². The molecule has 1 aliphatic carbocycles. The second kappa shape index (κ2) is 12.3. The van der Waals surface area contributed by atoms with E-state index in [2.05, 4.69) is 37.2 Å². The molecular formula is C29H37N5O4S. The van der Waals surface area contributed by atoms with Crippen LogP contribution >= 0.6 is 0 Å². The number of sulfonamides is 1. The first-order chi connectivity index (χ1) is 18.8. The number of nitrogens with zero attached hydrogens (tertiary/aromatic N) is 3. The number of carbonyl (C=O) groups is 1. The van der Waals surface area contributed by atoms with Crippen LogP contribution in [0.3, 0.4) is 0 Å². The largest absolute Gasteiger partial charge is 0.349 e. The number of carbonyl (C=O) groups excluding carboxylic acids is 1. The maximum Gasteiger partial charge on any atom is 0.229 e. The van der Waals surface area contributed by atoms with Gasteiger partial charge >= 0.3 is 0 Å². The normalized spacial score (nSPS) is 17.6. The van der Waals surface area contributed by atoms with E-state index in [1.807, 2.05) is 30.3 Å². The van der Waals surface area contributed by atoms with E-state index in [-0.39, 0.29) is 17.9 Å². The topological polar surface area (TPSA) is 117 Å². The van der Waals surface area contributed by atoms with Crippen LogP contribution in [0.2, 0.25) is 0 Å². The first kappa shape index (κ1) is 27.3. The third-order valence-corrected chi connectivity index (χ3v) is 8.09. The summed E-state index contributed by atoms with van der Waals surface area (Å²) in [7, 11) is -3.30. The molecule has 208 valence electrons. The summed E-state index contributed by atoms with van der Waals surface area (Å²) in [5, 5.41) is 7.47. The average molecular weight is 552 g/mol. The molecule has 2 aliphatic rings. The van der Waals surface area contributed by atoms with E-state index in [1.165, 1.54) is 12.8 Å². The van der Waals surface area contributed by atoms with Crippen molar-refractivity contribution >= 4 is 21.6 Å². The predicted molar refractivity (Wildman–Crippen MR) is 150 cm³/mol. The molecule has 2 heterocycles. The number of piperidine rings is 1. The molecule has 39 heavy (non-hydrogen) atoms. The number of hydrogen-bond acceptors (Lipinski definition) is 7. The Balaban J connectivity index is 1.10. The van der Waals surface area contributed by atoms with Crippen molar-refractivity contribution in [2.24, 2.45) is 5.92 Å². The molecule has 5 rings (SSSR count). The highest BCUT2D eigenvalue weighted by Crippen LogP contribution is 2.33. The van der Waals surface area contributed by atoms with Crippen molar-refractivity contribution in [1.29, 1.82) is 0 Å². The summed E-state index contributed by atoms with van der Waals surface area (Å²) < 4.78 is 30.9. The van der Waals surface area contributed by atoms with Crippen LogP contribution in [0.1, 0.15) is 73.3 Å². The minimum atomic E-state index is -3.30. The summed E-state index contributed by atoms with van der Waals surface area (Å²) >= 11 is 0. The Morgan fingerprint density at radius 2 is 1.77 bits per heavy atom. The van der Waals surface area contributed by atoms with Gasteiger partial charge in [0.05, 0.1) is 12.3 Å². The van der Waals surface area contributed by atoms with Crippen molar-refractivity contribution in [3.8, 4) is 0 Å². The molecule has 2 N–H and O–H groups in total. The Bertz CT molecular complexity index is 1330. The number of hydrogen-bond donors (Lipinski definition) is 2. The van der Waals surface area contributed by atoms with Crippen molar-refractivity contribution in [3.05, 3.63) is 77.4 Å². The summed E-state index contributed by atoms with van der Waals surface area (Å²) in [5.74, 6) is 2.31. The van der Waals surface area contributed by atoms with E-state index in [9.17, 15) is 13.2 Å². The monoisotopic (exact) mass is 551 g/mol. The molecule has 9 nitrogen and oxygen atoms in total. The lowest BCUT2D eigenvalue weighted by atomic mass is 9.96. The molecule has 2 fully saturated rings. The molecule has 1 amide bonds. The number of amides is 1. The quantitative estimate of drug-likeness (QED) is 0.345. The van der Waals surface area contributed by atoms with Gasteiger partial charge in [0.2, 0.25) is 21.8 Å². The highest BCUT2D eigenvalue weighted by molar-refractivity contribution is 7.92. The van der Waals surface area contributed by atoms with Crippen molar-refractivity contribution in [2.75, 3.05) is 30.6 Å². The minimum Gasteiger partial charge on any atom is -0.349 e. The summed E-state index contributed by atoms with van der Waals surface area (Å²) in [5.41, 5.74) is 2.67. The van der Waals surface area contributed by atoms with Gasteiger partial charge in [0, 0.05) is 31.0 Å². The van der Waals surface area contributed by atoms with E-state index < -0.39 is 10.0 Å². The number of nitrogens with one attached hydrogen (secondary N) is 2. The van der Waals surface area contributed by atoms with Gasteiger partial charge in [-0.05, 0) is 74.4 Å². The fourth-order valence-corrected chi connectivity index (χ4v) is 5.72. The Morgan fingerprint density at radius 1 is 1.05 bits per heavy atom. The highest BCUT2D eigenvalue weighted by atomic mass is 32.2. The van der Waals surface area contributed by atoms with Gasteiger partial charge in [-0.1, -0.05) is 47.6 Å². The van der Waals surface area contributed by atoms with Gasteiger partial charge in [-0.15, -0.1) is 0 Å². The van der Waals surface area contributed by atoms with E-state index in [0.717, 1.165) is 56.3 Å². The summed E-state index contributed by atoms with van der Waals surface area (Å²) in [6.07, 6.45) is 7.45. The van der Waals surface area contributed by atoms with Crippen LogP contribution < -0.4 is 10.0 Å². The van der Waals surface area contributed by atoms with Crippen molar-refractivity contribution in [3.63, 3.8) is 0 Å². The average Bonchev–Trinajstić information content (AvgIpc) is 3.61. The third kappa shape index (κ3) is 8.37. The fourth-order valence-electron chi connectivity index (χ4n) is 5.15. The maximum absolute atomic E-state index is 12.5. The zero-order valence-corrected chi connectivity index (χ0v) is 23.2. The molecule has 1 atom stereocenters. The van der Waals surface area contributed by atoms with Gasteiger partial charge in [-0.25, -0.2) is 8.42 Å². The second-order valence-electron chi connectivity index (χ2n) is 10.9. The van der Waals surface area contributed by atoms with Gasteiger partial charge < -0.3 is 14.7 Å². The zero-order valence-electron chi connectivity index (χ0n) is 22.4. The van der Waals surface area contributed by atoms with Gasteiger partial charge in [0.25, 0.3) is 0 Å². The van der Waals surface area contributed by atoms with Crippen LogP contribution in [-0.4, -0.2) is 55.3 Å². The maximum atomic E-state index is 12.5. The Hall–Kier alpha value is -3.24. The van der Waals surface area contributed by atoms with Crippen LogP contribution in [0.15, 0.2) is 59.1 Å². The number of likely N-dealkylation sites (tertiary alicyclic amines) is 1. The zero-order chi connectivity index (χ0) is 27.2. The molecular weight excluding hydrogens is 514 g/mol. The fraction of sp³-hybridized carbons (Fsp3) is 0.483. The lowest BCUT2D eigenvalue weighted by molar-refractivity contribution is -0.122. The molecule has 0 spiro atoms. The molecule has 0 bridgehead atoms. The van der Waals surface area contributed by atoms with E-state index >= 15 is 0 Å². The van der Waals surface area contributed by atoms with Crippen LogP contribution in [-0.2, 0) is 21.2 Å². The minimum absolute atomic E-state index is 0.0323. The van der Waals surface area contributed by atoms with Crippen LogP contribution in [0.25, 0.3) is 0 Å². The first-order valence-corrected chi connectivity index (χ1v) is 15.7. The third-order valence-electron chi connectivity index (χ3n) is 7.48. The van der Waals surface area contributed by atoms with Crippen LogP contribution in [0.5, 0.6) is 0 Å². The van der Waals surface area contributed by atoms with Crippen molar-refractivity contribution < 1.29 is 17.7 Å². The molecule has 10 heteroatoms. The number of aromatic nitrogens is 2. The Morgan fingerprint density at radius 3 is 2.44 bits per heavy atom. The summed E-state index contributed by atoms with van der Waals surface area (Å²) in [4.78, 5) is 19.7. The highest BCUT2D eigenvalue weighted by Gasteiger charge is 2.28. The van der Waals surface area contributed by atoms with E-state index in [0.29, 0.717) is 36.2 Å². The van der Waals surface area contributed by atoms with Crippen LogP contribution in [0.4, 0.5) is 5.69 Å². The van der Waals surface area contributed by atoms with Crippen molar-refractivity contribution in [1.82, 2.24) is 20.4 Å². The Kier molecular flexibility index (Phi) is 8.62. The molecule has 1 saturated heterocycles. The standard InChI is InChI=1S/C29H37N5O4S/c1-39(36,37)33-25-11-9-21(10-12-25)19-27-31-29(38-32-27)24-13-16-34(17-14-24)18-15-26(23-5-3-2-4-6-23)30-28(35)20-22-7-8-22/h2-6,9-12,22,24,26,33H,7-8,13-20H2,1H3,(H,30,35)/t26-/m0/s1. The molecule has 0 radical (unpaired) electrons. The number of benzene rings is 2. The summed E-state index contributed by atoms with van der Waals surface area (Å²) in [6, 6.07) is 17.5. The smallest absolute Gasteiger partial charge is 0.229 e. The van der Waals surface area contributed by atoms with Gasteiger partial charge in [0.15, 0.2) is 5.82 Å². The summed E-state index contributed by atoms with van der Waals surface area (Å²) in [6.45, 7) is 2.83. The number of rotatable bonds is 12. The molecule has 0 unspecified atom stereocenters. The molecule has 1 aliphatic heterocycles. The second-order valence-corrected chi connectivity index (χ2v) is 12.6. The van der Waals surface area contributed by atoms with Crippen LogP contribution in [0, 0.1) is 5.92 Å². The van der Waals surface area contributed by atoms with Gasteiger partial charge in [-0.2, -0.15) is 4.98 Å².